The number of hydrogen-bond donors (Lipinski definition) is 1. The van der Waals surface area contributed by atoms with Crippen molar-refractivity contribution in [1.29, 1.82) is 0 Å². The Morgan fingerprint density at radius 3 is 2.26 bits per heavy atom. The normalized spacial score (nSPS) is 10.8. The lowest BCUT2D eigenvalue weighted by molar-refractivity contribution is 0.0976. The maximum atomic E-state index is 13.6. The van der Waals surface area contributed by atoms with Crippen LogP contribution in [0.5, 0.6) is 5.75 Å². The molecule has 7 heteroatoms. The third-order valence-electron chi connectivity index (χ3n) is 4.96. The predicted molar refractivity (Wildman–Crippen MR) is 119 cm³/mol. The fraction of sp³-hybridized carbons (Fsp3) is 0.125. The van der Waals surface area contributed by atoms with Crippen molar-refractivity contribution in [2.75, 3.05) is 25.2 Å². The van der Waals surface area contributed by atoms with E-state index in [0.717, 1.165) is 0 Å². The summed E-state index contributed by atoms with van der Waals surface area (Å²) in [6.07, 6.45) is 0. The van der Waals surface area contributed by atoms with Crippen molar-refractivity contribution in [3.05, 3.63) is 94.9 Å². The monoisotopic (exact) mass is 415 g/mol. The Morgan fingerprint density at radius 1 is 0.968 bits per heavy atom. The summed E-state index contributed by atoms with van der Waals surface area (Å²) >= 11 is 0. The molecule has 0 saturated heterocycles. The highest BCUT2D eigenvalue weighted by atomic mass is 16.5. The van der Waals surface area contributed by atoms with Crippen LogP contribution in [0.2, 0.25) is 0 Å². The van der Waals surface area contributed by atoms with Crippen molar-refractivity contribution in [2.45, 2.75) is 0 Å². The van der Waals surface area contributed by atoms with Gasteiger partial charge in [-0.25, -0.2) is 0 Å². The number of fused-ring (bicyclic) bond motifs is 1. The highest BCUT2D eigenvalue weighted by molar-refractivity contribution is 6.12. The topological polar surface area (TPSA) is 84.7 Å². The highest BCUT2D eigenvalue weighted by Crippen LogP contribution is 2.21. The molecule has 0 aliphatic rings. The second-order valence-electron chi connectivity index (χ2n) is 6.83. The van der Waals surface area contributed by atoms with Gasteiger partial charge >= 0.3 is 0 Å². The Hall–Kier alpha value is -3.97. The summed E-state index contributed by atoms with van der Waals surface area (Å²) in [5.41, 5.74) is 0.947. The number of aliphatic hydroxyl groups is 1. The number of ether oxygens (including phenoxy) is 1. The van der Waals surface area contributed by atoms with Crippen LogP contribution in [0.3, 0.4) is 0 Å². The summed E-state index contributed by atoms with van der Waals surface area (Å²) < 4.78 is 6.40. The molecule has 4 rings (SSSR count). The van der Waals surface area contributed by atoms with Crippen molar-refractivity contribution in [2.24, 2.45) is 0 Å². The van der Waals surface area contributed by atoms with Gasteiger partial charge in [0.05, 0.1) is 24.8 Å². The van der Waals surface area contributed by atoms with Crippen molar-refractivity contribution in [3.8, 4) is 11.4 Å². The van der Waals surface area contributed by atoms with E-state index in [9.17, 15) is 14.7 Å². The number of amides is 1. The van der Waals surface area contributed by atoms with Crippen LogP contribution in [0.4, 0.5) is 5.69 Å². The van der Waals surface area contributed by atoms with E-state index >= 15 is 0 Å². The summed E-state index contributed by atoms with van der Waals surface area (Å²) in [4.78, 5) is 28.1. The molecule has 0 aliphatic heterocycles. The Bertz CT molecular complexity index is 1270. The second kappa shape index (κ2) is 8.81. The molecule has 0 aliphatic carbocycles. The fourth-order valence-electron chi connectivity index (χ4n) is 3.43. The summed E-state index contributed by atoms with van der Waals surface area (Å²) in [7, 11) is 1.56. The largest absolute Gasteiger partial charge is 0.497 e. The number of carbonyl (C=O) groups is 1. The number of nitrogens with zero attached hydrogens (tertiary/aromatic N) is 3. The molecule has 1 heterocycles. The van der Waals surface area contributed by atoms with E-state index in [4.69, 9.17) is 4.74 Å². The second-order valence-corrected chi connectivity index (χ2v) is 6.83. The minimum Gasteiger partial charge on any atom is -0.497 e. The van der Waals surface area contributed by atoms with E-state index in [1.165, 1.54) is 9.58 Å². The van der Waals surface area contributed by atoms with E-state index in [0.29, 0.717) is 27.9 Å². The van der Waals surface area contributed by atoms with Gasteiger partial charge in [-0.1, -0.05) is 36.4 Å². The van der Waals surface area contributed by atoms with Crippen LogP contribution in [-0.4, -0.2) is 41.1 Å². The Kier molecular flexibility index (Phi) is 5.77. The van der Waals surface area contributed by atoms with E-state index in [-0.39, 0.29) is 24.4 Å². The first kappa shape index (κ1) is 20.3. The van der Waals surface area contributed by atoms with E-state index in [1.54, 1.807) is 67.8 Å². The minimum absolute atomic E-state index is 0.0977. The highest BCUT2D eigenvalue weighted by Gasteiger charge is 2.23. The molecule has 1 N–H and O–H groups in total. The molecule has 31 heavy (non-hydrogen) atoms. The van der Waals surface area contributed by atoms with Gasteiger partial charge in [0, 0.05) is 17.6 Å². The quantitative estimate of drug-likeness (QED) is 0.523. The number of anilines is 1. The zero-order valence-electron chi connectivity index (χ0n) is 16.9. The molecule has 0 spiro atoms. The number of hydrogen-bond acceptors (Lipinski definition) is 5. The molecule has 0 unspecified atom stereocenters. The lowest BCUT2D eigenvalue weighted by atomic mass is 10.1. The first-order chi connectivity index (χ1) is 15.1. The minimum atomic E-state index is -0.404. The lowest BCUT2D eigenvalue weighted by Gasteiger charge is -2.22. The SMILES string of the molecule is COc1ccc(-n2nc(C(=O)N(CCO)c3ccccc3)c3ccccc3c2=O)cc1. The van der Waals surface area contributed by atoms with E-state index in [1.807, 2.05) is 18.2 Å². The van der Waals surface area contributed by atoms with E-state index < -0.39 is 5.91 Å². The molecular formula is C24H21N3O4. The van der Waals surface area contributed by atoms with Gasteiger partial charge in [-0.15, -0.1) is 0 Å². The summed E-state index contributed by atoms with van der Waals surface area (Å²) in [5.74, 6) is 0.241. The molecule has 3 aromatic carbocycles. The first-order valence-corrected chi connectivity index (χ1v) is 9.78. The van der Waals surface area contributed by atoms with Crippen molar-refractivity contribution in [3.63, 3.8) is 0 Å². The average molecular weight is 415 g/mol. The molecule has 1 amide bonds. The smallest absolute Gasteiger partial charge is 0.279 e. The number of rotatable bonds is 6. The van der Waals surface area contributed by atoms with Gasteiger partial charge in [-0.05, 0) is 42.5 Å². The van der Waals surface area contributed by atoms with Gasteiger partial charge in [0.15, 0.2) is 5.69 Å². The molecule has 0 radical (unpaired) electrons. The Morgan fingerprint density at radius 2 is 1.61 bits per heavy atom. The number of aromatic nitrogens is 2. The predicted octanol–water partition coefficient (Wildman–Crippen LogP) is 3.03. The Balaban J connectivity index is 1.91. The Labute approximate surface area is 178 Å². The molecule has 0 fully saturated rings. The number of aliphatic hydroxyl groups excluding tert-OH is 1. The van der Waals surface area contributed by atoms with Gasteiger partial charge in [-0.3, -0.25) is 9.59 Å². The zero-order valence-corrected chi connectivity index (χ0v) is 16.9. The molecule has 0 bridgehead atoms. The maximum absolute atomic E-state index is 13.6. The maximum Gasteiger partial charge on any atom is 0.279 e. The third kappa shape index (κ3) is 3.91. The van der Waals surface area contributed by atoms with Gasteiger partial charge in [0.1, 0.15) is 5.75 Å². The number of carbonyl (C=O) groups excluding carboxylic acids is 1. The third-order valence-corrected chi connectivity index (χ3v) is 4.96. The molecule has 0 atom stereocenters. The van der Waals surface area contributed by atoms with Crippen LogP contribution in [0.15, 0.2) is 83.7 Å². The first-order valence-electron chi connectivity index (χ1n) is 9.78. The van der Waals surface area contributed by atoms with Gasteiger partial charge in [0.25, 0.3) is 11.5 Å². The summed E-state index contributed by atoms with van der Waals surface area (Å²) in [6.45, 7) is -0.114. The lowest BCUT2D eigenvalue weighted by Crippen LogP contribution is -2.36. The number of benzene rings is 3. The van der Waals surface area contributed by atoms with Crippen LogP contribution < -0.4 is 15.2 Å². The zero-order chi connectivity index (χ0) is 21.8. The number of methoxy groups -OCH3 is 1. The van der Waals surface area contributed by atoms with Crippen LogP contribution >= 0.6 is 0 Å². The summed E-state index contributed by atoms with van der Waals surface area (Å²) in [6, 6.07) is 22.8. The molecule has 4 aromatic rings. The van der Waals surface area contributed by atoms with Crippen LogP contribution in [0.25, 0.3) is 16.5 Å². The molecule has 7 nitrogen and oxygen atoms in total. The van der Waals surface area contributed by atoms with Crippen LogP contribution in [0.1, 0.15) is 10.5 Å². The van der Waals surface area contributed by atoms with Crippen LogP contribution in [0, 0.1) is 0 Å². The van der Waals surface area contributed by atoms with Crippen molar-refractivity contribution >= 4 is 22.4 Å². The van der Waals surface area contributed by atoms with Crippen LogP contribution in [-0.2, 0) is 0 Å². The fourth-order valence-corrected chi connectivity index (χ4v) is 3.43. The molecule has 0 saturated carbocycles. The summed E-state index contributed by atoms with van der Waals surface area (Å²) in [5, 5.41) is 14.8. The van der Waals surface area contributed by atoms with E-state index in [2.05, 4.69) is 5.10 Å². The van der Waals surface area contributed by atoms with Crippen molar-refractivity contribution in [1.82, 2.24) is 9.78 Å². The number of para-hydroxylation sites is 1. The molecule has 156 valence electrons. The van der Waals surface area contributed by atoms with Gasteiger partial charge in [0.2, 0.25) is 0 Å². The molecular weight excluding hydrogens is 394 g/mol. The molecule has 1 aromatic heterocycles. The standard InChI is InChI=1S/C24H21N3O4/c1-31-19-13-11-18(12-14-19)27-23(29)21-10-6-5-9-20(21)22(25-27)24(30)26(15-16-28)17-7-3-2-4-8-17/h2-14,28H,15-16H2,1H3. The van der Waals surface area contributed by atoms with Gasteiger partial charge < -0.3 is 14.7 Å². The average Bonchev–Trinajstić information content (AvgIpc) is 2.83. The van der Waals surface area contributed by atoms with Gasteiger partial charge in [-0.2, -0.15) is 9.78 Å². The van der Waals surface area contributed by atoms with Crippen molar-refractivity contribution < 1.29 is 14.6 Å².